The van der Waals surface area contributed by atoms with Gasteiger partial charge in [0, 0.05) is 24.3 Å². The Balaban J connectivity index is 1.27. The maximum absolute atomic E-state index is 13.0. The monoisotopic (exact) mass is 458 g/mol. The van der Waals surface area contributed by atoms with Crippen LogP contribution in [-0.2, 0) is 16.0 Å². The molecule has 1 N–H and O–H groups in total. The number of anilines is 2. The van der Waals surface area contributed by atoms with E-state index in [2.05, 4.69) is 15.5 Å². The van der Waals surface area contributed by atoms with Crippen LogP contribution >= 0.6 is 0 Å². The van der Waals surface area contributed by atoms with Crippen LogP contribution in [0.5, 0.6) is 5.75 Å². The molecule has 5 rings (SSSR count). The number of hydrogen-bond acceptors (Lipinski definition) is 7. The van der Waals surface area contributed by atoms with Gasteiger partial charge in [0.1, 0.15) is 5.75 Å². The fourth-order valence-electron chi connectivity index (χ4n) is 3.92. The third kappa shape index (κ3) is 4.40. The maximum atomic E-state index is 13.0. The van der Waals surface area contributed by atoms with Crippen molar-refractivity contribution in [2.24, 2.45) is 5.92 Å². The third-order valence-electron chi connectivity index (χ3n) is 5.71. The zero-order chi connectivity index (χ0) is 23.5. The molecule has 0 bridgehead atoms. The summed E-state index contributed by atoms with van der Waals surface area (Å²) in [6.45, 7) is 0.315. The molecule has 9 heteroatoms. The minimum absolute atomic E-state index is 0.0880. The van der Waals surface area contributed by atoms with E-state index < -0.39 is 5.92 Å². The van der Waals surface area contributed by atoms with Crippen molar-refractivity contribution in [2.75, 3.05) is 23.9 Å². The van der Waals surface area contributed by atoms with Gasteiger partial charge in [0.05, 0.1) is 25.7 Å². The predicted molar refractivity (Wildman–Crippen MR) is 123 cm³/mol. The molecule has 34 heavy (non-hydrogen) atoms. The molecule has 1 aliphatic heterocycles. The zero-order valence-electron chi connectivity index (χ0n) is 18.4. The molecule has 3 heterocycles. The standard InChI is InChI=1S/C25H22N4O5/c1-32-19-10-8-18(9-11-19)29-15-17(14-23(29)30)25(31)26-20-6-3-2-5-16(20)13-22-27-24(28-34-22)21-7-4-12-33-21/h2-12,17H,13-15H2,1H3,(H,26,31). The topological polar surface area (TPSA) is 111 Å². The normalized spacial score (nSPS) is 15.5. The first kappa shape index (κ1) is 21.4. The van der Waals surface area contributed by atoms with Crippen LogP contribution in [0.25, 0.3) is 11.6 Å². The fourth-order valence-corrected chi connectivity index (χ4v) is 3.92. The number of rotatable bonds is 7. The Morgan fingerprint density at radius 1 is 1.15 bits per heavy atom. The number of aromatic nitrogens is 2. The van der Waals surface area contributed by atoms with E-state index >= 15 is 0 Å². The second-order valence-corrected chi connectivity index (χ2v) is 7.92. The van der Waals surface area contributed by atoms with Gasteiger partial charge in [0.2, 0.25) is 23.5 Å². The zero-order valence-corrected chi connectivity index (χ0v) is 18.4. The van der Waals surface area contributed by atoms with E-state index in [4.69, 9.17) is 13.7 Å². The first-order chi connectivity index (χ1) is 16.6. The molecule has 2 aromatic carbocycles. The molecule has 1 atom stereocenters. The molecular formula is C25H22N4O5. The molecule has 0 spiro atoms. The van der Waals surface area contributed by atoms with Crippen molar-refractivity contribution in [1.29, 1.82) is 0 Å². The van der Waals surface area contributed by atoms with Gasteiger partial charge < -0.3 is 23.9 Å². The molecule has 1 saturated heterocycles. The van der Waals surface area contributed by atoms with E-state index in [-0.39, 0.29) is 18.2 Å². The summed E-state index contributed by atoms with van der Waals surface area (Å²) in [7, 11) is 1.59. The van der Waals surface area contributed by atoms with Crippen molar-refractivity contribution < 1.29 is 23.3 Å². The van der Waals surface area contributed by atoms with Crippen molar-refractivity contribution in [3.8, 4) is 17.3 Å². The molecule has 0 radical (unpaired) electrons. The molecule has 2 amide bonds. The molecule has 1 fully saturated rings. The van der Waals surface area contributed by atoms with E-state index in [1.165, 1.54) is 0 Å². The Labute approximate surface area is 195 Å². The molecule has 1 aliphatic rings. The largest absolute Gasteiger partial charge is 0.497 e. The summed E-state index contributed by atoms with van der Waals surface area (Å²) in [5, 5.41) is 6.92. The molecule has 2 aromatic heterocycles. The lowest BCUT2D eigenvalue weighted by molar-refractivity contribution is -0.122. The Morgan fingerprint density at radius 2 is 1.97 bits per heavy atom. The Hall–Kier alpha value is -4.40. The number of methoxy groups -OCH3 is 1. The lowest BCUT2D eigenvalue weighted by atomic mass is 10.1. The highest BCUT2D eigenvalue weighted by molar-refractivity contribution is 6.03. The van der Waals surface area contributed by atoms with E-state index in [1.807, 2.05) is 36.4 Å². The van der Waals surface area contributed by atoms with Crippen LogP contribution in [0.4, 0.5) is 11.4 Å². The maximum Gasteiger partial charge on any atom is 0.238 e. The minimum atomic E-state index is -0.461. The molecule has 4 aromatic rings. The second kappa shape index (κ2) is 9.22. The molecule has 0 aliphatic carbocycles. The predicted octanol–water partition coefficient (Wildman–Crippen LogP) is 3.92. The van der Waals surface area contributed by atoms with Gasteiger partial charge in [-0.3, -0.25) is 9.59 Å². The number of para-hydroxylation sites is 1. The summed E-state index contributed by atoms with van der Waals surface area (Å²) in [6, 6.07) is 18.1. The summed E-state index contributed by atoms with van der Waals surface area (Å²) >= 11 is 0. The van der Waals surface area contributed by atoms with Crippen LogP contribution in [0.2, 0.25) is 0 Å². The van der Waals surface area contributed by atoms with Crippen LogP contribution in [0, 0.1) is 5.92 Å². The number of furan rings is 1. The van der Waals surface area contributed by atoms with Crippen molar-refractivity contribution in [1.82, 2.24) is 10.1 Å². The van der Waals surface area contributed by atoms with Gasteiger partial charge in [0.15, 0.2) is 5.76 Å². The van der Waals surface area contributed by atoms with Crippen LogP contribution in [-0.4, -0.2) is 35.6 Å². The average molecular weight is 458 g/mol. The highest BCUT2D eigenvalue weighted by Crippen LogP contribution is 2.28. The van der Waals surface area contributed by atoms with Crippen molar-refractivity contribution in [3.63, 3.8) is 0 Å². The lowest BCUT2D eigenvalue weighted by Crippen LogP contribution is -2.28. The van der Waals surface area contributed by atoms with Crippen LogP contribution < -0.4 is 15.0 Å². The number of nitrogens with zero attached hydrogens (tertiary/aromatic N) is 3. The Kier molecular flexibility index (Phi) is 5.82. The summed E-state index contributed by atoms with van der Waals surface area (Å²) in [6.07, 6.45) is 2.03. The highest BCUT2D eigenvalue weighted by atomic mass is 16.5. The van der Waals surface area contributed by atoms with E-state index in [1.54, 1.807) is 42.5 Å². The summed E-state index contributed by atoms with van der Waals surface area (Å²) in [5.74, 6) is 1.23. The number of nitrogens with one attached hydrogen (secondary N) is 1. The number of ether oxygens (including phenoxy) is 1. The minimum Gasteiger partial charge on any atom is -0.497 e. The average Bonchev–Trinajstić information content (AvgIpc) is 3.61. The summed E-state index contributed by atoms with van der Waals surface area (Å²) in [4.78, 5) is 31.6. The van der Waals surface area contributed by atoms with Gasteiger partial charge in [0.25, 0.3) is 0 Å². The van der Waals surface area contributed by atoms with Crippen LogP contribution in [0.3, 0.4) is 0 Å². The first-order valence-corrected chi connectivity index (χ1v) is 10.8. The van der Waals surface area contributed by atoms with Crippen molar-refractivity contribution in [3.05, 3.63) is 78.4 Å². The van der Waals surface area contributed by atoms with Gasteiger partial charge in [-0.05, 0) is 48.0 Å². The first-order valence-electron chi connectivity index (χ1n) is 10.8. The summed E-state index contributed by atoms with van der Waals surface area (Å²) < 4.78 is 15.8. The Morgan fingerprint density at radius 3 is 2.74 bits per heavy atom. The van der Waals surface area contributed by atoms with Gasteiger partial charge in [-0.2, -0.15) is 4.98 Å². The van der Waals surface area contributed by atoms with Gasteiger partial charge >= 0.3 is 0 Å². The smallest absolute Gasteiger partial charge is 0.238 e. The molecule has 0 saturated carbocycles. The summed E-state index contributed by atoms with van der Waals surface area (Å²) in [5.41, 5.74) is 2.20. The third-order valence-corrected chi connectivity index (χ3v) is 5.71. The molecule has 1 unspecified atom stereocenters. The van der Waals surface area contributed by atoms with Gasteiger partial charge in [-0.1, -0.05) is 23.4 Å². The van der Waals surface area contributed by atoms with Gasteiger partial charge in [-0.25, -0.2) is 0 Å². The molecule has 172 valence electrons. The quantitative estimate of drug-likeness (QED) is 0.447. The second-order valence-electron chi connectivity index (χ2n) is 7.92. The van der Waals surface area contributed by atoms with E-state index in [9.17, 15) is 9.59 Å². The number of amides is 2. The number of carbonyl (C=O) groups is 2. The SMILES string of the molecule is COc1ccc(N2CC(C(=O)Nc3ccccc3Cc3nc(-c4ccco4)no3)CC2=O)cc1. The molecule has 9 nitrogen and oxygen atoms in total. The lowest BCUT2D eigenvalue weighted by Gasteiger charge is -2.17. The highest BCUT2D eigenvalue weighted by Gasteiger charge is 2.35. The van der Waals surface area contributed by atoms with E-state index in [0.29, 0.717) is 41.9 Å². The van der Waals surface area contributed by atoms with Crippen molar-refractivity contribution in [2.45, 2.75) is 12.8 Å². The number of hydrogen-bond donors (Lipinski definition) is 1. The van der Waals surface area contributed by atoms with Crippen molar-refractivity contribution >= 4 is 23.2 Å². The van der Waals surface area contributed by atoms with E-state index in [0.717, 1.165) is 11.3 Å². The molecular weight excluding hydrogens is 436 g/mol. The van der Waals surface area contributed by atoms with Crippen LogP contribution in [0.1, 0.15) is 17.9 Å². The fraction of sp³-hybridized carbons (Fsp3) is 0.200. The number of carbonyl (C=O) groups excluding carboxylic acids is 2. The number of benzene rings is 2. The van der Waals surface area contributed by atoms with Crippen LogP contribution in [0.15, 0.2) is 75.9 Å². The van der Waals surface area contributed by atoms with Gasteiger partial charge in [-0.15, -0.1) is 0 Å². The Bertz CT molecular complexity index is 1300.